The van der Waals surface area contributed by atoms with Gasteiger partial charge in [0.05, 0.1) is 0 Å². The maximum atomic E-state index is 12.6. The minimum atomic E-state index is -2.36. The molecular formula is C7H7Cl2FSi. The second kappa shape index (κ2) is 3.13. The van der Waals surface area contributed by atoms with Gasteiger partial charge in [-0.1, -0.05) is 12.1 Å². The smallest absolute Gasteiger partial charge is 0.207 e. The molecule has 0 aromatic heterocycles. The molecule has 1 rings (SSSR count). The van der Waals surface area contributed by atoms with Crippen LogP contribution in [-0.2, 0) is 0 Å². The minimum absolute atomic E-state index is 0.289. The van der Waals surface area contributed by atoms with E-state index in [1.54, 1.807) is 18.7 Å². The first-order chi connectivity index (χ1) is 5.00. The molecule has 0 heterocycles. The van der Waals surface area contributed by atoms with Crippen LogP contribution in [-0.4, -0.2) is 6.69 Å². The largest absolute Gasteiger partial charge is 0.277 e. The molecule has 0 bridgehead atoms. The fraction of sp³-hybridized carbons (Fsp3) is 0.143. The van der Waals surface area contributed by atoms with E-state index in [0.717, 1.165) is 0 Å². The monoisotopic (exact) mass is 208 g/mol. The molecule has 0 aliphatic carbocycles. The molecule has 0 amide bonds. The highest BCUT2D eigenvalue weighted by Crippen LogP contribution is 2.13. The lowest BCUT2D eigenvalue weighted by atomic mass is 10.3. The molecule has 0 N–H and O–H groups in total. The zero-order valence-electron chi connectivity index (χ0n) is 5.94. The number of hydrogen-bond donors (Lipinski definition) is 0. The first-order valence-electron chi connectivity index (χ1n) is 3.14. The summed E-state index contributed by atoms with van der Waals surface area (Å²) in [5.41, 5.74) is 0. The Morgan fingerprint density at radius 3 is 2.36 bits per heavy atom. The second-order valence-corrected chi connectivity index (χ2v) is 9.87. The highest BCUT2D eigenvalue weighted by Gasteiger charge is 2.23. The van der Waals surface area contributed by atoms with Crippen molar-refractivity contribution in [3.8, 4) is 0 Å². The van der Waals surface area contributed by atoms with Gasteiger partial charge in [0.2, 0.25) is 0 Å². The standard InChI is InChI=1S/C7H7Cl2FSi/c1-11(8,9)7-4-2-3-6(10)5-7/h2-5H,1H3. The van der Waals surface area contributed by atoms with Gasteiger partial charge in [0, 0.05) is 0 Å². The van der Waals surface area contributed by atoms with Gasteiger partial charge in [0.15, 0.2) is 0 Å². The summed E-state index contributed by atoms with van der Waals surface area (Å²) < 4.78 is 12.6. The molecule has 0 radical (unpaired) electrons. The van der Waals surface area contributed by atoms with Gasteiger partial charge in [-0.2, -0.15) is 0 Å². The van der Waals surface area contributed by atoms with Crippen molar-refractivity contribution in [3.63, 3.8) is 0 Å². The van der Waals surface area contributed by atoms with Crippen molar-refractivity contribution in [3.05, 3.63) is 30.1 Å². The van der Waals surface area contributed by atoms with E-state index in [0.29, 0.717) is 5.19 Å². The van der Waals surface area contributed by atoms with E-state index in [1.165, 1.54) is 12.1 Å². The van der Waals surface area contributed by atoms with E-state index < -0.39 is 6.69 Å². The van der Waals surface area contributed by atoms with Gasteiger partial charge in [-0.15, -0.1) is 22.2 Å². The van der Waals surface area contributed by atoms with Gasteiger partial charge in [-0.3, -0.25) is 0 Å². The maximum Gasteiger partial charge on any atom is 0.277 e. The van der Waals surface area contributed by atoms with Crippen LogP contribution in [0.25, 0.3) is 0 Å². The van der Waals surface area contributed by atoms with Crippen molar-refractivity contribution in [2.24, 2.45) is 0 Å². The third kappa shape index (κ3) is 2.47. The Kier molecular flexibility index (Phi) is 2.57. The summed E-state index contributed by atoms with van der Waals surface area (Å²) in [6, 6.07) is 6.11. The molecule has 0 saturated carbocycles. The number of halogens is 3. The van der Waals surface area contributed by atoms with Crippen LogP contribution in [0.15, 0.2) is 24.3 Å². The van der Waals surface area contributed by atoms with Gasteiger partial charge in [-0.05, 0) is 23.9 Å². The van der Waals surface area contributed by atoms with Crippen LogP contribution in [0.2, 0.25) is 6.55 Å². The van der Waals surface area contributed by atoms with Crippen molar-refractivity contribution >= 4 is 34.0 Å². The van der Waals surface area contributed by atoms with Crippen LogP contribution in [0.1, 0.15) is 0 Å². The van der Waals surface area contributed by atoms with Crippen LogP contribution < -0.4 is 5.19 Å². The molecule has 1 aromatic carbocycles. The molecule has 0 atom stereocenters. The molecule has 0 aliphatic rings. The van der Waals surface area contributed by atoms with E-state index in [1.807, 2.05) is 0 Å². The van der Waals surface area contributed by atoms with Crippen molar-refractivity contribution in [2.75, 3.05) is 0 Å². The van der Waals surface area contributed by atoms with Gasteiger partial charge >= 0.3 is 0 Å². The van der Waals surface area contributed by atoms with E-state index >= 15 is 0 Å². The maximum absolute atomic E-state index is 12.6. The third-order valence-electron chi connectivity index (χ3n) is 1.33. The Morgan fingerprint density at radius 2 is 2.00 bits per heavy atom. The lowest BCUT2D eigenvalue weighted by molar-refractivity contribution is 0.629. The van der Waals surface area contributed by atoms with Crippen LogP contribution in [0, 0.1) is 5.82 Å². The van der Waals surface area contributed by atoms with Gasteiger partial charge in [-0.25, -0.2) is 4.39 Å². The summed E-state index contributed by atoms with van der Waals surface area (Å²) in [5.74, 6) is -0.289. The van der Waals surface area contributed by atoms with Crippen molar-refractivity contribution in [1.82, 2.24) is 0 Å². The predicted octanol–water partition coefficient (Wildman–Crippen LogP) is 2.58. The van der Waals surface area contributed by atoms with E-state index in [-0.39, 0.29) is 5.82 Å². The SMILES string of the molecule is C[Si](Cl)(Cl)c1cccc(F)c1. The van der Waals surface area contributed by atoms with E-state index in [4.69, 9.17) is 22.2 Å². The summed E-state index contributed by atoms with van der Waals surface area (Å²) in [5, 5.41) is 0.709. The summed E-state index contributed by atoms with van der Waals surface area (Å²) in [6.45, 7) is -0.619. The Hall–Kier alpha value is -0.0531. The van der Waals surface area contributed by atoms with Crippen LogP contribution in [0.4, 0.5) is 4.39 Å². The van der Waals surface area contributed by atoms with Gasteiger partial charge in [0.1, 0.15) is 5.82 Å². The first kappa shape index (κ1) is 9.04. The normalized spacial score (nSPS) is 11.6. The molecule has 0 unspecified atom stereocenters. The first-order valence-corrected chi connectivity index (χ1v) is 7.66. The Bertz CT molecular complexity index is 257. The molecule has 0 spiro atoms. The topological polar surface area (TPSA) is 0 Å². The molecule has 0 saturated heterocycles. The van der Waals surface area contributed by atoms with Gasteiger partial charge < -0.3 is 0 Å². The average molecular weight is 209 g/mol. The lowest BCUT2D eigenvalue weighted by Gasteiger charge is -2.09. The number of hydrogen-bond acceptors (Lipinski definition) is 0. The lowest BCUT2D eigenvalue weighted by Crippen LogP contribution is -2.32. The molecular weight excluding hydrogens is 202 g/mol. The highest BCUT2D eigenvalue weighted by molar-refractivity contribution is 7.50. The van der Waals surface area contributed by atoms with E-state index in [2.05, 4.69) is 0 Å². The number of benzene rings is 1. The molecule has 0 fully saturated rings. The van der Waals surface area contributed by atoms with Crippen LogP contribution in [0.5, 0.6) is 0 Å². The zero-order valence-corrected chi connectivity index (χ0v) is 8.46. The summed E-state index contributed by atoms with van der Waals surface area (Å²) in [7, 11) is 0. The number of rotatable bonds is 1. The molecule has 0 aliphatic heterocycles. The molecule has 4 heteroatoms. The average Bonchev–Trinajstić information content (AvgIpc) is 1.86. The van der Waals surface area contributed by atoms with Crippen molar-refractivity contribution in [2.45, 2.75) is 6.55 Å². The quantitative estimate of drug-likeness (QED) is 0.492. The van der Waals surface area contributed by atoms with Gasteiger partial charge in [0.25, 0.3) is 6.69 Å². The molecule has 1 aromatic rings. The summed E-state index contributed by atoms with van der Waals surface area (Å²) in [6.07, 6.45) is 0. The predicted molar refractivity (Wildman–Crippen MR) is 49.4 cm³/mol. The summed E-state index contributed by atoms with van der Waals surface area (Å²) >= 11 is 11.7. The minimum Gasteiger partial charge on any atom is -0.207 e. The Morgan fingerprint density at radius 1 is 1.36 bits per heavy atom. The van der Waals surface area contributed by atoms with Crippen LogP contribution in [0.3, 0.4) is 0 Å². The van der Waals surface area contributed by atoms with Crippen molar-refractivity contribution < 1.29 is 4.39 Å². The summed E-state index contributed by atoms with van der Waals surface area (Å²) in [4.78, 5) is 0. The molecule has 11 heavy (non-hydrogen) atoms. The second-order valence-electron chi connectivity index (χ2n) is 2.40. The fourth-order valence-electron chi connectivity index (χ4n) is 0.762. The zero-order chi connectivity index (χ0) is 8.48. The van der Waals surface area contributed by atoms with Crippen molar-refractivity contribution in [1.29, 1.82) is 0 Å². The van der Waals surface area contributed by atoms with Crippen LogP contribution >= 0.6 is 22.2 Å². The molecule has 60 valence electrons. The Labute approximate surface area is 75.4 Å². The molecule has 0 nitrogen and oxygen atoms in total. The Balaban J connectivity index is 3.06. The van der Waals surface area contributed by atoms with E-state index in [9.17, 15) is 4.39 Å². The highest BCUT2D eigenvalue weighted by atomic mass is 35.7. The fourth-order valence-corrected chi connectivity index (χ4v) is 2.25. The third-order valence-corrected chi connectivity index (χ3v) is 3.97.